The van der Waals surface area contributed by atoms with Gasteiger partial charge in [0.25, 0.3) is 0 Å². The fourth-order valence-electron chi connectivity index (χ4n) is 2.40. The molecule has 0 saturated carbocycles. The summed E-state index contributed by atoms with van der Waals surface area (Å²) >= 11 is 14.8. The lowest BCUT2D eigenvalue weighted by Gasteiger charge is -2.11. The van der Waals surface area contributed by atoms with Gasteiger partial charge in [-0.25, -0.2) is 4.98 Å². The molecule has 0 aliphatic carbocycles. The van der Waals surface area contributed by atoms with Crippen LogP contribution in [-0.2, 0) is 9.59 Å². The summed E-state index contributed by atoms with van der Waals surface area (Å²) in [6.07, 6.45) is 0. The van der Waals surface area contributed by atoms with Gasteiger partial charge in [-0.1, -0.05) is 29.3 Å². The zero-order valence-electron chi connectivity index (χ0n) is 15.5. The molecule has 0 spiro atoms. The average Bonchev–Trinajstić information content (AvgIpc) is 3.13. The maximum Gasteiger partial charge on any atom is 0.239 e. The van der Waals surface area contributed by atoms with Crippen LogP contribution < -0.4 is 10.6 Å². The fraction of sp³-hybridized carbons (Fsp3) is 0.150. The Hall–Kier alpha value is -2.06. The molecule has 1 heterocycles. The van der Waals surface area contributed by atoms with E-state index in [9.17, 15) is 9.59 Å². The zero-order chi connectivity index (χ0) is 21.0. The number of hydrogen-bond acceptors (Lipinski definition) is 5. The second-order valence-corrected chi connectivity index (χ2v) is 9.21. The Morgan fingerprint density at radius 1 is 1.07 bits per heavy atom. The normalized spacial score (nSPS) is 11.7. The number of carbonyl (C=O) groups excluding carboxylic acids is 2. The molecule has 9 heteroatoms. The number of aromatic nitrogens is 1. The van der Waals surface area contributed by atoms with Gasteiger partial charge in [0, 0.05) is 28.5 Å². The lowest BCUT2D eigenvalue weighted by Crippen LogP contribution is -2.22. The van der Waals surface area contributed by atoms with Crippen molar-refractivity contribution in [1.82, 2.24) is 4.98 Å². The van der Waals surface area contributed by atoms with E-state index in [0.717, 1.165) is 21.8 Å². The summed E-state index contributed by atoms with van der Waals surface area (Å²) < 4.78 is 0. The Kier molecular flexibility index (Phi) is 7.18. The van der Waals surface area contributed by atoms with Gasteiger partial charge in [0.2, 0.25) is 11.8 Å². The van der Waals surface area contributed by atoms with Gasteiger partial charge >= 0.3 is 0 Å². The summed E-state index contributed by atoms with van der Waals surface area (Å²) in [4.78, 5) is 29.0. The Balaban J connectivity index is 1.60. The number of rotatable bonds is 6. The number of hydrogen-bond donors (Lipinski definition) is 2. The first-order chi connectivity index (χ1) is 13.8. The van der Waals surface area contributed by atoms with Crippen molar-refractivity contribution in [2.75, 3.05) is 10.6 Å². The number of nitrogens with zero attached hydrogens (tertiary/aromatic N) is 1. The standard InChI is InChI=1S/C20H17Cl2N3O2S2/c1-11(29-15-6-4-14(5-7-15)23-12(2)26)19(27)25-20-24-18(10-28-20)13-3-8-16(21)17(22)9-13/h3-11H,1-2H3,(H,23,26)(H,24,25,27). The van der Waals surface area contributed by atoms with Gasteiger partial charge in [-0.2, -0.15) is 0 Å². The predicted molar refractivity (Wildman–Crippen MR) is 122 cm³/mol. The van der Waals surface area contributed by atoms with Gasteiger partial charge in [-0.05, 0) is 43.3 Å². The number of nitrogens with one attached hydrogen (secondary N) is 2. The molecule has 5 nitrogen and oxygen atoms in total. The molecule has 1 aromatic heterocycles. The number of thioether (sulfide) groups is 1. The van der Waals surface area contributed by atoms with E-state index in [2.05, 4.69) is 15.6 Å². The Morgan fingerprint density at radius 3 is 2.45 bits per heavy atom. The molecular weight excluding hydrogens is 449 g/mol. The van der Waals surface area contributed by atoms with Gasteiger partial charge in [0.05, 0.1) is 21.0 Å². The van der Waals surface area contributed by atoms with Crippen LogP contribution in [0.3, 0.4) is 0 Å². The van der Waals surface area contributed by atoms with Crippen LogP contribution in [0.25, 0.3) is 11.3 Å². The van der Waals surface area contributed by atoms with Crippen LogP contribution in [0, 0.1) is 0 Å². The quantitative estimate of drug-likeness (QED) is 0.425. The summed E-state index contributed by atoms with van der Waals surface area (Å²) in [5.41, 5.74) is 2.27. The maximum atomic E-state index is 12.5. The van der Waals surface area contributed by atoms with Crippen molar-refractivity contribution in [3.63, 3.8) is 0 Å². The number of amides is 2. The largest absolute Gasteiger partial charge is 0.326 e. The molecule has 1 unspecified atom stereocenters. The summed E-state index contributed by atoms with van der Waals surface area (Å²) in [6, 6.07) is 12.6. The van der Waals surface area contributed by atoms with E-state index >= 15 is 0 Å². The molecule has 2 amide bonds. The van der Waals surface area contributed by atoms with Crippen molar-refractivity contribution >= 4 is 68.9 Å². The molecule has 3 rings (SSSR count). The summed E-state index contributed by atoms with van der Waals surface area (Å²) in [5.74, 6) is -0.266. The van der Waals surface area contributed by atoms with Crippen molar-refractivity contribution in [2.45, 2.75) is 24.0 Å². The smallest absolute Gasteiger partial charge is 0.239 e. The molecule has 0 bridgehead atoms. The molecule has 29 heavy (non-hydrogen) atoms. The highest BCUT2D eigenvalue weighted by molar-refractivity contribution is 8.00. The minimum Gasteiger partial charge on any atom is -0.326 e. The van der Waals surface area contributed by atoms with Crippen molar-refractivity contribution in [3.05, 3.63) is 57.9 Å². The molecule has 150 valence electrons. The minimum atomic E-state index is -0.320. The van der Waals surface area contributed by atoms with Crippen molar-refractivity contribution in [3.8, 4) is 11.3 Å². The van der Waals surface area contributed by atoms with Crippen LogP contribution in [0.2, 0.25) is 10.0 Å². The Morgan fingerprint density at radius 2 is 1.79 bits per heavy atom. The SMILES string of the molecule is CC(=O)Nc1ccc(SC(C)C(=O)Nc2nc(-c3ccc(Cl)c(Cl)c3)cs2)cc1. The maximum absolute atomic E-state index is 12.5. The molecule has 1 atom stereocenters. The van der Waals surface area contributed by atoms with Gasteiger partial charge in [-0.3, -0.25) is 9.59 Å². The van der Waals surface area contributed by atoms with E-state index in [1.165, 1.54) is 30.0 Å². The third kappa shape index (κ3) is 5.96. The van der Waals surface area contributed by atoms with Crippen molar-refractivity contribution in [1.29, 1.82) is 0 Å². The molecule has 2 N–H and O–H groups in total. The van der Waals surface area contributed by atoms with Crippen molar-refractivity contribution < 1.29 is 9.59 Å². The summed E-state index contributed by atoms with van der Waals surface area (Å²) in [6.45, 7) is 3.29. The fourth-order valence-corrected chi connectivity index (χ4v) is 4.29. The van der Waals surface area contributed by atoms with Crippen LogP contribution >= 0.6 is 46.3 Å². The van der Waals surface area contributed by atoms with Gasteiger partial charge in [-0.15, -0.1) is 23.1 Å². The first-order valence-electron chi connectivity index (χ1n) is 8.58. The highest BCUT2D eigenvalue weighted by atomic mass is 35.5. The van der Waals surface area contributed by atoms with Crippen molar-refractivity contribution in [2.24, 2.45) is 0 Å². The molecular formula is C20H17Cl2N3O2S2. The van der Waals surface area contributed by atoms with E-state index < -0.39 is 0 Å². The lowest BCUT2D eigenvalue weighted by molar-refractivity contribution is -0.115. The van der Waals surface area contributed by atoms with Gasteiger partial charge in [0.15, 0.2) is 5.13 Å². The Bertz CT molecular complexity index is 1040. The topological polar surface area (TPSA) is 71.1 Å². The van der Waals surface area contributed by atoms with Crippen LogP contribution in [0.4, 0.5) is 10.8 Å². The Labute approximate surface area is 186 Å². The average molecular weight is 466 g/mol. The molecule has 0 saturated heterocycles. The highest BCUT2D eigenvalue weighted by Gasteiger charge is 2.16. The van der Waals surface area contributed by atoms with E-state index in [-0.39, 0.29) is 17.1 Å². The van der Waals surface area contributed by atoms with E-state index in [1.54, 1.807) is 24.3 Å². The lowest BCUT2D eigenvalue weighted by atomic mass is 10.2. The van der Waals surface area contributed by atoms with Crippen LogP contribution in [0.15, 0.2) is 52.7 Å². The second-order valence-electron chi connectivity index (χ2n) is 6.12. The molecule has 3 aromatic rings. The molecule has 0 aliphatic rings. The predicted octanol–water partition coefficient (Wildman–Crippen LogP) is 6.19. The van der Waals surface area contributed by atoms with Gasteiger partial charge < -0.3 is 10.6 Å². The number of halogens is 2. The zero-order valence-corrected chi connectivity index (χ0v) is 18.7. The van der Waals surface area contributed by atoms with E-state index in [1.807, 2.05) is 30.5 Å². The molecule has 0 aliphatic heterocycles. The van der Waals surface area contributed by atoms with E-state index in [0.29, 0.717) is 15.2 Å². The third-order valence-corrected chi connectivity index (χ3v) is 6.42. The minimum absolute atomic E-state index is 0.123. The molecule has 0 fully saturated rings. The van der Waals surface area contributed by atoms with E-state index in [4.69, 9.17) is 23.2 Å². The first kappa shape index (κ1) is 21.6. The summed E-state index contributed by atoms with van der Waals surface area (Å²) in [7, 11) is 0. The number of thiazole rings is 1. The van der Waals surface area contributed by atoms with Crippen LogP contribution in [0.1, 0.15) is 13.8 Å². The highest BCUT2D eigenvalue weighted by Crippen LogP contribution is 2.31. The van der Waals surface area contributed by atoms with Crippen LogP contribution in [-0.4, -0.2) is 22.0 Å². The second kappa shape index (κ2) is 9.63. The third-order valence-electron chi connectivity index (χ3n) is 3.81. The summed E-state index contributed by atoms with van der Waals surface area (Å²) in [5, 5.41) is 8.55. The monoisotopic (exact) mass is 465 g/mol. The molecule has 2 aromatic carbocycles. The number of anilines is 2. The first-order valence-corrected chi connectivity index (χ1v) is 11.1. The number of carbonyl (C=O) groups is 2. The molecule has 0 radical (unpaired) electrons. The van der Waals surface area contributed by atoms with Gasteiger partial charge in [0.1, 0.15) is 0 Å². The number of benzene rings is 2. The van der Waals surface area contributed by atoms with Crippen LogP contribution in [0.5, 0.6) is 0 Å².